The van der Waals surface area contributed by atoms with Gasteiger partial charge in [-0.15, -0.1) is 0 Å². The number of imide groups is 2. The second-order valence-corrected chi connectivity index (χ2v) is 9.11. The SMILES string of the molecule is O=CC1CCN(C2CCN(c3ccc4c(c3)C(=O)N(N3CCC(=O)NC3=O)C4=O)CC2)CC1. The Morgan fingerprint density at radius 1 is 0.848 bits per heavy atom. The topological polar surface area (TPSA) is 110 Å². The normalized spacial score (nSPS) is 23.2. The number of nitrogens with one attached hydrogen (secondary N) is 1. The van der Waals surface area contributed by atoms with Gasteiger partial charge < -0.3 is 14.6 Å². The number of amides is 5. The second-order valence-electron chi connectivity index (χ2n) is 9.11. The van der Waals surface area contributed by atoms with Gasteiger partial charge in [0.05, 0.1) is 17.7 Å². The van der Waals surface area contributed by atoms with Crippen LogP contribution in [-0.2, 0) is 9.59 Å². The summed E-state index contributed by atoms with van der Waals surface area (Å²) in [7, 11) is 0. The lowest BCUT2D eigenvalue weighted by Crippen LogP contribution is -2.58. The zero-order valence-electron chi connectivity index (χ0n) is 18.4. The zero-order valence-corrected chi connectivity index (χ0v) is 18.4. The minimum atomic E-state index is -0.764. The largest absolute Gasteiger partial charge is 0.371 e. The molecule has 1 aromatic carbocycles. The summed E-state index contributed by atoms with van der Waals surface area (Å²) < 4.78 is 0. The molecule has 0 unspecified atom stereocenters. The van der Waals surface area contributed by atoms with Gasteiger partial charge in [0.25, 0.3) is 11.8 Å². The van der Waals surface area contributed by atoms with E-state index >= 15 is 0 Å². The van der Waals surface area contributed by atoms with Crippen LogP contribution in [0.1, 0.15) is 52.8 Å². The molecular formula is C23H27N5O5. The maximum atomic E-state index is 13.0. The molecule has 10 nitrogen and oxygen atoms in total. The first-order valence-corrected chi connectivity index (χ1v) is 11.5. The predicted octanol–water partition coefficient (Wildman–Crippen LogP) is 1.02. The van der Waals surface area contributed by atoms with Crippen LogP contribution in [-0.4, -0.2) is 83.7 Å². The molecule has 3 saturated heterocycles. The Balaban J connectivity index is 1.25. The van der Waals surface area contributed by atoms with Gasteiger partial charge in [-0.25, -0.2) is 9.80 Å². The molecule has 0 atom stereocenters. The van der Waals surface area contributed by atoms with Crippen molar-refractivity contribution < 1.29 is 24.0 Å². The van der Waals surface area contributed by atoms with Gasteiger partial charge in [0.1, 0.15) is 6.29 Å². The lowest BCUT2D eigenvalue weighted by molar-refractivity contribution is -0.122. The number of likely N-dealkylation sites (tertiary alicyclic amines) is 1. The van der Waals surface area contributed by atoms with Crippen LogP contribution in [0, 0.1) is 5.92 Å². The molecule has 10 heteroatoms. The molecular weight excluding hydrogens is 426 g/mol. The van der Waals surface area contributed by atoms with E-state index in [1.54, 1.807) is 12.1 Å². The number of anilines is 1. The molecule has 0 spiro atoms. The van der Waals surface area contributed by atoms with Crippen molar-refractivity contribution >= 4 is 35.7 Å². The van der Waals surface area contributed by atoms with E-state index in [1.807, 2.05) is 6.07 Å². The highest BCUT2D eigenvalue weighted by Gasteiger charge is 2.43. The lowest BCUT2D eigenvalue weighted by atomic mass is 9.94. The van der Waals surface area contributed by atoms with Crippen molar-refractivity contribution in [1.29, 1.82) is 0 Å². The lowest BCUT2D eigenvalue weighted by Gasteiger charge is -2.41. The summed E-state index contributed by atoms with van der Waals surface area (Å²) in [5, 5.41) is 3.99. The number of urea groups is 1. The van der Waals surface area contributed by atoms with Crippen molar-refractivity contribution in [2.24, 2.45) is 5.92 Å². The first kappa shape index (κ1) is 21.6. The number of hydrogen-bond acceptors (Lipinski definition) is 7. The molecule has 4 aliphatic heterocycles. The number of aldehydes is 1. The van der Waals surface area contributed by atoms with E-state index in [9.17, 15) is 24.0 Å². The van der Waals surface area contributed by atoms with Gasteiger partial charge in [0.2, 0.25) is 5.91 Å². The van der Waals surface area contributed by atoms with E-state index in [1.165, 1.54) is 0 Å². The average molecular weight is 453 g/mol. The van der Waals surface area contributed by atoms with E-state index in [0.29, 0.717) is 6.04 Å². The Hall–Kier alpha value is -3.27. The summed E-state index contributed by atoms with van der Waals surface area (Å²) in [5.41, 5.74) is 1.43. The van der Waals surface area contributed by atoms with Gasteiger partial charge in [-0.2, -0.15) is 5.01 Å². The van der Waals surface area contributed by atoms with Crippen molar-refractivity contribution in [3.05, 3.63) is 29.3 Å². The van der Waals surface area contributed by atoms with Crippen LogP contribution in [0.3, 0.4) is 0 Å². The number of piperidine rings is 2. The highest BCUT2D eigenvalue weighted by Crippen LogP contribution is 2.31. The van der Waals surface area contributed by atoms with Gasteiger partial charge in [-0.1, -0.05) is 0 Å². The Bertz CT molecular complexity index is 1010. The molecule has 1 N–H and O–H groups in total. The van der Waals surface area contributed by atoms with Crippen molar-refractivity contribution in [2.75, 3.05) is 37.6 Å². The third kappa shape index (κ3) is 3.88. The van der Waals surface area contributed by atoms with Crippen LogP contribution >= 0.6 is 0 Å². The van der Waals surface area contributed by atoms with E-state index in [4.69, 9.17) is 0 Å². The second kappa shape index (κ2) is 8.58. The number of carbonyl (C=O) groups is 5. The van der Waals surface area contributed by atoms with Crippen LogP contribution in [0.15, 0.2) is 18.2 Å². The Morgan fingerprint density at radius 2 is 1.55 bits per heavy atom. The fraction of sp³-hybridized carbons (Fsp3) is 0.522. The third-order valence-corrected chi connectivity index (χ3v) is 7.23. The summed E-state index contributed by atoms with van der Waals surface area (Å²) in [6.45, 7) is 3.61. The number of benzene rings is 1. The molecule has 5 amide bonds. The quantitative estimate of drug-likeness (QED) is 0.535. The molecule has 4 aliphatic rings. The standard InChI is InChI=1S/C23H27N5O5/c29-14-15-3-8-25(9-4-15)16-5-10-26(11-6-16)17-1-2-18-19(13-17)22(32)28(21(18)31)27-12-7-20(30)24-23(27)33/h1-2,13-16H,3-12H2,(H,24,30,33). The molecule has 0 bridgehead atoms. The van der Waals surface area contributed by atoms with Crippen molar-refractivity contribution in [2.45, 2.75) is 38.1 Å². The first-order chi connectivity index (χ1) is 16.0. The summed E-state index contributed by atoms with van der Waals surface area (Å²) in [6, 6.07) is 4.97. The molecule has 4 heterocycles. The molecule has 33 heavy (non-hydrogen) atoms. The van der Waals surface area contributed by atoms with E-state index < -0.39 is 23.8 Å². The first-order valence-electron chi connectivity index (χ1n) is 11.5. The predicted molar refractivity (Wildman–Crippen MR) is 117 cm³/mol. The van der Waals surface area contributed by atoms with Crippen LogP contribution in [0.2, 0.25) is 0 Å². The van der Waals surface area contributed by atoms with Crippen LogP contribution in [0.5, 0.6) is 0 Å². The van der Waals surface area contributed by atoms with Gasteiger partial charge >= 0.3 is 6.03 Å². The van der Waals surface area contributed by atoms with Gasteiger partial charge in [-0.05, 0) is 57.0 Å². The van der Waals surface area contributed by atoms with E-state index in [-0.39, 0.29) is 30.0 Å². The monoisotopic (exact) mass is 453 g/mol. The number of rotatable bonds is 4. The minimum absolute atomic E-state index is 0.0133. The number of fused-ring (bicyclic) bond motifs is 1. The molecule has 3 fully saturated rings. The van der Waals surface area contributed by atoms with Crippen molar-refractivity contribution in [3.8, 4) is 0 Å². The molecule has 0 aliphatic carbocycles. The van der Waals surface area contributed by atoms with E-state index in [2.05, 4.69) is 15.1 Å². The maximum Gasteiger partial charge on any atom is 0.343 e. The molecule has 1 aromatic rings. The summed E-state index contributed by atoms with van der Waals surface area (Å²) in [5.74, 6) is -1.33. The molecule has 0 aromatic heterocycles. The number of nitrogens with zero attached hydrogens (tertiary/aromatic N) is 4. The smallest absolute Gasteiger partial charge is 0.343 e. The molecule has 0 radical (unpaired) electrons. The molecule has 0 saturated carbocycles. The van der Waals surface area contributed by atoms with E-state index in [0.717, 1.165) is 73.9 Å². The summed E-state index contributed by atoms with van der Waals surface area (Å²) in [4.78, 5) is 65.2. The van der Waals surface area contributed by atoms with Crippen LogP contribution in [0.25, 0.3) is 0 Å². The minimum Gasteiger partial charge on any atom is -0.371 e. The number of hydrazine groups is 1. The average Bonchev–Trinajstić information content (AvgIpc) is 3.09. The van der Waals surface area contributed by atoms with Gasteiger partial charge in [0.15, 0.2) is 0 Å². The fourth-order valence-electron chi connectivity index (χ4n) is 5.29. The Labute approximate surface area is 191 Å². The Morgan fingerprint density at radius 3 is 2.21 bits per heavy atom. The van der Waals surface area contributed by atoms with Crippen LogP contribution < -0.4 is 10.2 Å². The van der Waals surface area contributed by atoms with Gasteiger partial charge in [0, 0.05) is 37.2 Å². The van der Waals surface area contributed by atoms with Crippen molar-refractivity contribution in [3.63, 3.8) is 0 Å². The zero-order chi connectivity index (χ0) is 23.1. The molecule has 174 valence electrons. The maximum absolute atomic E-state index is 13.0. The van der Waals surface area contributed by atoms with Crippen molar-refractivity contribution in [1.82, 2.24) is 20.2 Å². The fourth-order valence-corrected chi connectivity index (χ4v) is 5.29. The number of hydrogen-bond donors (Lipinski definition) is 1. The number of carbonyl (C=O) groups excluding carboxylic acids is 5. The van der Waals surface area contributed by atoms with Crippen LogP contribution in [0.4, 0.5) is 10.5 Å². The molecule has 5 rings (SSSR count). The summed E-state index contributed by atoms with van der Waals surface area (Å²) in [6.07, 6.45) is 4.99. The third-order valence-electron chi connectivity index (χ3n) is 7.23. The highest BCUT2D eigenvalue weighted by atomic mass is 16.2. The Kier molecular flexibility index (Phi) is 5.61. The van der Waals surface area contributed by atoms with Gasteiger partial charge in [-0.3, -0.25) is 19.7 Å². The summed E-state index contributed by atoms with van der Waals surface area (Å²) >= 11 is 0. The highest BCUT2D eigenvalue weighted by molar-refractivity contribution is 6.22.